The van der Waals surface area contributed by atoms with Crippen molar-refractivity contribution in [2.24, 2.45) is 0 Å². The highest BCUT2D eigenvalue weighted by atomic mass is 125. The molecule has 8 heteroatoms. The van der Waals surface area contributed by atoms with Crippen molar-refractivity contribution < 1.29 is 17.6 Å². The molecule has 5 nitrogen and oxygen atoms in total. The number of sulfone groups is 1. The molecular formula is C16H14FIN2O3S. The molecule has 1 aromatic rings. The summed E-state index contributed by atoms with van der Waals surface area (Å²) in [4.78, 5) is 12.8. The third-order valence-corrected chi connectivity index (χ3v) is 7.32. The summed E-state index contributed by atoms with van der Waals surface area (Å²) in [6, 6.07) is 4.53. The van der Waals surface area contributed by atoms with Crippen LogP contribution >= 0.6 is 22.6 Å². The van der Waals surface area contributed by atoms with Gasteiger partial charge >= 0.3 is 0 Å². The molecule has 3 aliphatic rings. The first kappa shape index (κ1) is 16.2. The van der Waals surface area contributed by atoms with E-state index in [1.165, 1.54) is 6.07 Å². The van der Waals surface area contributed by atoms with Crippen molar-refractivity contribution in [3.05, 3.63) is 55.0 Å². The van der Waals surface area contributed by atoms with Gasteiger partial charge in [0.1, 0.15) is 5.82 Å². The topological polar surface area (TPSA) is 75.3 Å². The minimum Gasteiger partial charge on any atom is -0.360 e. The van der Waals surface area contributed by atoms with E-state index in [4.69, 9.17) is 0 Å². The lowest BCUT2D eigenvalue weighted by molar-refractivity contribution is -0.115. The molecule has 3 heterocycles. The van der Waals surface area contributed by atoms with Crippen LogP contribution in [0.5, 0.6) is 0 Å². The number of hydrogen-bond donors (Lipinski definition) is 2. The quantitative estimate of drug-likeness (QED) is 0.626. The van der Waals surface area contributed by atoms with Crippen LogP contribution in [0.4, 0.5) is 4.39 Å². The number of dihydropyridines is 1. The number of carbonyl (C=O) groups is 1. The van der Waals surface area contributed by atoms with E-state index in [1.807, 2.05) is 22.6 Å². The average molecular weight is 458 g/mol. The molecule has 24 heavy (non-hydrogen) atoms. The minimum absolute atomic E-state index is 0.0433. The van der Waals surface area contributed by atoms with E-state index in [0.29, 0.717) is 33.4 Å². The summed E-state index contributed by atoms with van der Waals surface area (Å²) in [7, 11) is -3.43. The lowest BCUT2D eigenvalue weighted by Crippen LogP contribution is -2.42. The van der Waals surface area contributed by atoms with Crippen molar-refractivity contribution in [2.45, 2.75) is 12.3 Å². The Morgan fingerprint density at radius 2 is 2.00 bits per heavy atom. The molecule has 0 saturated heterocycles. The highest BCUT2D eigenvalue weighted by Crippen LogP contribution is 2.45. The predicted molar refractivity (Wildman–Crippen MR) is 95.3 cm³/mol. The second-order valence-electron chi connectivity index (χ2n) is 6.06. The van der Waals surface area contributed by atoms with E-state index in [0.717, 1.165) is 5.70 Å². The molecule has 126 valence electrons. The third kappa shape index (κ3) is 2.42. The summed E-state index contributed by atoms with van der Waals surface area (Å²) < 4.78 is 39.2. The number of ketones is 1. The van der Waals surface area contributed by atoms with Crippen LogP contribution in [0.1, 0.15) is 17.9 Å². The smallest absolute Gasteiger partial charge is 0.177 e. The van der Waals surface area contributed by atoms with Crippen molar-refractivity contribution in [3.63, 3.8) is 0 Å². The summed E-state index contributed by atoms with van der Waals surface area (Å²) in [5.41, 5.74) is 2.52. The van der Waals surface area contributed by atoms with Gasteiger partial charge in [-0.1, -0.05) is 6.07 Å². The second kappa shape index (κ2) is 5.63. The number of hydrogen-bond acceptors (Lipinski definition) is 5. The molecule has 0 fully saturated rings. The Morgan fingerprint density at radius 1 is 1.21 bits per heavy atom. The Bertz CT molecular complexity index is 937. The van der Waals surface area contributed by atoms with E-state index >= 15 is 0 Å². The lowest BCUT2D eigenvalue weighted by atomic mass is 9.82. The van der Waals surface area contributed by atoms with Gasteiger partial charge in [0.15, 0.2) is 15.6 Å². The Labute approximate surface area is 152 Å². The van der Waals surface area contributed by atoms with Crippen LogP contribution in [0.25, 0.3) is 0 Å². The van der Waals surface area contributed by atoms with Crippen LogP contribution in [0.15, 0.2) is 40.1 Å². The van der Waals surface area contributed by atoms with E-state index in [2.05, 4.69) is 10.6 Å². The van der Waals surface area contributed by atoms with Crippen LogP contribution in [-0.2, 0) is 14.6 Å². The maximum Gasteiger partial charge on any atom is 0.177 e. The highest BCUT2D eigenvalue weighted by molar-refractivity contribution is 14.1. The normalized spacial score (nSPS) is 25.4. The van der Waals surface area contributed by atoms with Gasteiger partial charge in [-0.15, -0.1) is 0 Å². The Morgan fingerprint density at radius 3 is 2.75 bits per heavy atom. The van der Waals surface area contributed by atoms with Crippen LogP contribution < -0.4 is 10.6 Å². The molecule has 1 atom stereocenters. The Hall–Kier alpha value is -1.26. The van der Waals surface area contributed by atoms with Gasteiger partial charge in [0.05, 0.1) is 23.1 Å². The molecule has 1 aromatic carbocycles. The zero-order chi connectivity index (χ0) is 17.1. The fourth-order valence-electron chi connectivity index (χ4n) is 3.56. The van der Waals surface area contributed by atoms with E-state index in [-0.39, 0.29) is 28.8 Å². The summed E-state index contributed by atoms with van der Waals surface area (Å²) in [5.74, 6) is -1.08. The fraction of sp³-hybridized carbons (Fsp3) is 0.312. The molecule has 0 radical (unpaired) electrons. The number of rotatable bonds is 1. The molecule has 0 amide bonds. The van der Waals surface area contributed by atoms with Gasteiger partial charge in [-0.05, 0) is 40.3 Å². The number of nitrogens with one attached hydrogen (secondary N) is 2. The van der Waals surface area contributed by atoms with E-state index in [1.54, 1.807) is 12.1 Å². The van der Waals surface area contributed by atoms with E-state index < -0.39 is 15.8 Å². The van der Waals surface area contributed by atoms with E-state index in [9.17, 15) is 17.6 Å². The summed E-state index contributed by atoms with van der Waals surface area (Å²) in [6.45, 7) is 0.671. The van der Waals surface area contributed by atoms with Gasteiger partial charge in [-0.25, -0.2) is 12.8 Å². The van der Waals surface area contributed by atoms with Gasteiger partial charge in [-0.2, -0.15) is 0 Å². The number of benzene rings is 1. The van der Waals surface area contributed by atoms with Crippen LogP contribution in [0.2, 0.25) is 0 Å². The standard InChI is InChI=1S/C16H14FIN2O3S/c17-9-2-1-8(5-10(9)18)14-15-12(6-19-7-13(15)21)20-11-3-4-24(22,23)16(11)14/h1-2,5,14,19-20H,3-4,6-7H2/i18-2. The number of carbonyl (C=O) groups excluding carboxylic acids is 1. The average Bonchev–Trinajstić information content (AvgIpc) is 2.84. The highest BCUT2D eigenvalue weighted by Gasteiger charge is 2.44. The largest absolute Gasteiger partial charge is 0.360 e. The van der Waals surface area contributed by atoms with Crippen LogP contribution in [0, 0.1) is 9.39 Å². The fourth-order valence-corrected chi connectivity index (χ4v) is 5.94. The number of allylic oxidation sites excluding steroid dienone is 2. The lowest BCUT2D eigenvalue weighted by Gasteiger charge is -2.33. The summed E-state index contributed by atoms with van der Waals surface area (Å²) in [6.07, 6.45) is 0.414. The minimum atomic E-state index is -3.43. The van der Waals surface area contributed by atoms with Gasteiger partial charge < -0.3 is 10.6 Å². The molecule has 0 aliphatic carbocycles. The molecule has 0 bridgehead atoms. The van der Waals surface area contributed by atoms with Gasteiger partial charge in [-0.3, -0.25) is 4.79 Å². The Balaban J connectivity index is 1.96. The number of Topliss-reactive ketones (excluding diaryl/α,β-unsaturated/α-hetero) is 1. The first-order chi connectivity index (χ1) is 11.4. The zero-order valence-corrected chi connectivity index (χ0v) is 15.5. The van der Waals surface area contributed by atoms with Gasteiger partial charge in [0, 0.05) is 33.5 Å². The number of halogens is 2. The SMILES string of the molecule is O=C1CNCC2=C1C(c1ccc(F)c([125I])c1)C1=C(CCS1(=O)=O)N2. The molecular weight excluding hydrogens is 444 g/mol. The van der Waals surface area contributed by atoms with Gasteiger partial charge in [0.2, 0.25) is 0 Å². The maximum atomic E-state index is 13.7. The zero-order valence-electron chi connectivity index (χ0n) is 12.5. The first-order valence-electron chi connectivity index (χ1n) is 7.53. The molecule has 2 N–H and O–H groups in total. The van der Waals surface area contributed by atoms with Crippen molar-refractivity contribution in [2.75, 3.05) is 18.8 Å². The Kier molecular flexibility index (Phi) is 3.81. The van der Waals surface area contributed by atoms with Crippen molar-refractivity contribution in [1.82, 2.24) is 10.6 Å². The van der Waals surface area contributed by atoms with Crippen molar-refractivity contribution in [3.8, 4) is 0 Å². The molecule has 0 spiro atoms. The molecule has 0 aromatic heterocycles. The van der Waals surface area contributed by atoms with Crippen LogP contribution in [0.3, 0.4) is 0 Å². The molecule has 4 rings (SSSR count). The monoisotopic (exact) mass is 458 g/mol. The third-order valence-electron chi connectivity index (χ3n) is 4.60. The van der Waals surface area contributed by atoms with Crippen molar-refractivity contribution >= 4 is 38.2 Å². The first-order valence-corrected chi connectivity index (χ1v) is 10.3. The summed E-state index contributed by atoms with van der Waals surface area (Å²) in [5, 5.41) is 6.17. The second-order valence-corrected chi connectivity index (χ2v) is 9.30. The van der Waals surface area contributed by atoms with Crippen LogP contribution in [-0.4, -0.2) is 33.0 Å². The van der Waals surface area contributed by atoms with Gasteiger partial charge in [0.25, 0.3) is 0 Å². The molecule has 0 saturated carbocycles. The molecule has 3 aliphatic heterocycles. The van der Waals surface area contributed by atoms with Crippen molar-refractivity contribution in [1.29, 1.82) is 0 Å². The molecule has 1 unspecified atom stereocenters. The maximum absolute atomic E-state index is 13.7. The predicted octanol–water partition coefficient (Wildman–Crippen LogP) is 1.57. The summed E-state index contributed by atoms with van der Waals surface area (Å²) >= 11 is 1.88.